The topological polar surface area (TPSA) is 55.1 Å². The Balaban J connectivity index is 1.67. The summed E-state index contributed by atoms with van der Waals surface area (Å²) in [7, 11) is 0. The van der Waals surface area contributed by atoms with Crippen LogP contribution < -0.4 is 0 Å². The smallest absolute Gasteiger partial charge is 0.133 e. The summed E-state index contributed by atoms with van der Waals surface area (Å²) in [5.41, 5.74) is 3.11. The molecular weight excluding hydrogens is 252 g/mol. The molecule has 3 heterocycles. The van der Waals surface area contributed by atoms with E-state index in [1.54, 1.807) is 0 Å². The van der Waals surface area contributed by atoms with Crippen LogP contribution in [0.3, 0.4) is 0 Å². The van der Waals surface area contributed by atoms with E-state index in [0.29, 0.717) is 5.92 Å². The van der Waals surface area contributed by atoms with E-state index < -0.39 is 0 Å². The molecule has 5 nitrogen and oxygen atoms in total. The van der Waals surface area contributed by atoms with E-state index in [1.807, 2.05) is 32.9 Å². The molecule has 0 aliphatic carbocycles. The van der Waals surface area contributed by atoms with E-state index in [1.165, 1.54) is 0 Å². The van der Waals surface area contributed by atoms with Crippen molar-refractivity contribution < 1.29 is 4.52 Å². The fraction of sp³-hybridized carbons (Fsp3) is 0.533. The summed E-state index contributed by atoms with van der Waals surface area (Å²) in [6, 6.07) is 4.02. The first-order valence-corrected chi connectivity index (χ1v) is 7.07. The summed E-state index contributed by atoms with van der Waals surface area (Å²) in [6.45, 7) is 8.89. The van der Waals surface area contributed by atoms with Gasteiger partial charge in [-0.2, -0.15) is 0 Å². The van der Waals surface area contributed by atoms with E-state index in [-0.39, 0.29) is 0 Å². The van der Waals surface area contributed by atoms with Gasteiger partial charge in [0.25, 0.3) is 0 Å². The first-order valence-electron chi connectivity index (χ1n) is 7.07. The zero-order valence-electron chi connectivity index (χ0n) is 12.3. The Morgan fingerprint density at radius 3 is 2.60 bits per heavy atom. The summed E-state index contributed by atoms with van der Waals surface area (Å²) in [4.78, 5) is 11.6. The number of hydrogen-bond acceptors (Lipinski definition) is 5. The molecule has 1 atom stereocenters. The van der Waals surface area contributed by atoms with Gasteiger partial charge >= 0.3 is 0 Å². The molecule has 1 saturated heterocycles. The molecule has 0 amide bonds. The fourth-order valence-electron chi connectivity index (χ4n) is 2.84. The molecule has 0 spiro atoms. The molecule has 0 saturated carbocycles. The van der Waals surface area contributed by atoms with Gasteiger partial charge in [-0.05, 0) is 39.8 Å². The molecule has 1 fully saturated rings. The maximum Gasteiger partial charge on any atom is 0.133 e. The lowest BCUT2D eigenvalue weighted by Gasteiger charge is -2.14. The van der Waals surface area contributed by atoms with Gasteiger partial charge in [0.2, 0.25) is 0 Å². The van der Waals surface area contributed by atoms with Crippen molar-refractivity contribution in [1.29, 1.82) is 0 Å². The molecule has 0 unspecified atom stereocenters. The zero-order chi connectivity index (χ0) is 14.1. The minimum Gasteiger partial charge on any atom is -0.361 e. The molecule has 5 heteroatoms. The van der Waals surface area contributed by atoms with E-state index in [9.17, 15) is 0 Å². The van der Waals surface area contributed by atoms with Crippen LogP contribution in [0, 0.1) is 20.8 Å². The summed E-state index contributed by atoms with van der Waals surface area (Å²) >= 11 is 0. The monoisotopic (exact) mass is 272 g/mol. The number of nitrogens with zero attached hydrogens (tertiary/aromatic N) is 4. The standard InChI is InChI=1S/C15H20N4O/c1-10-6-11(2)17-15(16-10)13-4-5-19(8-13)9-14-7-12(3)20-18-14/h6-7,13H,4-5,8-9H2,1-3H3/t13-/m0/s1. The Labute approximate surface area is 119 Å². The highest BCUT2D eigenvalue weighted by Gasteiger charge is 2.26. The Morgan fingerprint density at radius 1 is 1.20 bits per heavy atom. The quantitative estimate of drug-likeness (QED) is 0.858. The van der Waals surface area contributed by atoms with Crippen LogP contribution in [0.15, 0.2) is 16.7 Å². The third-order valence-corrected chi connectivity index (χ3v) is 3.70. The molecule has 20 heavy (non-hydrogen) atoms. The number of aromatic nitrogens is 3. The average Bonchev–Trinajstić information content (AvgIpc) is 2.98. The van der Waals surface area contributed by atoms with Gasteiger partial charge in [0, 0.05) is 36.5 Å². The molecule has 0 bridgehead atoms. The van der Waals surface area contributed by atoms with Crippen LogP contribution >= 0.6 is 0 Å². The molecule has 0 N–H and O–H groups in total. The summed E-state index contributed by atoms with van der Waals surface area (Å²) in [5.74, 6) is 2.29. The minimum atomic E-state index is 0.432. The highest BCUT2D eigenvalue weighted by atomic mass is 16.5. The van der Waals surface area contributed by atoms with Crippen molar-refractivity contribution in [1.82, 2.24) is 20.0 Å². The van der Waals surface area contributed by atoms with Crippen LogP contribution in [0.1, 0.15) is 41.0 Å². The molecule has 2 aromatic rings. The molecule has 2 aromatic heterocycles. The second-order valence-electron chi connectivity index (χ2n) is 5.66. The van der Waals surface area contributed by atoms with Crippen molar-refractivity contribution in [3.63, 3.8) is 0 Å². The Kier molecular flexibility index (Phi) is 3.53. The second kappa shape index (κ2) is 5.32. The molecular formula is C15H20N4O. The zero-order valence-corrected chi connectivity index (χ0v) is 12.3. The van der Waals surface area contributed by atoms with Crippen molar-refractivity contribution in [2.75, 3.05) is 13.1 Å². The maximum atomic E-state index is 5.12. The first-order chi connectivity index (χ1) is 9.60. The number of aryl methyl sites for hydroxylation is 3. The van der Waals surface area contributed by atoms with Gasteiger partial charge in [-0.25, -0.2) is 9.97 Å². The van der Waals surface area contributed by atoms with Crippen molar-refractivity contribution in [2.45, 2.75) is 39.7 Å². The first kappa shape index (κ1) is 13.2. The van der Waals surface area contributed by atoms with Crippen LogP contribution in [-0.2, 0) is 6.54 Å². The molecule has 1 aliphatic rings. The molecule has 0 radical (unpaired) electrons. The summed E-state index contributed by atoms with van der Waals surface area (Å²) < 4.78 is 5.12. The van der Waals surface area contributed by atoms with Gasteiger partial charge in [0.15, 0.2) is 0 Å². The Hall–Kier alpha value is -1.75. The van der Waals surface area contributed by atoms with Crippen molar-refractivity contribution >= 4 is 0 Å². The van der Waals surface area contributed by atoms with Crippen LogP contribution in [0.4, 0.5) is 0 Å². The molecule has 0 aromatic carbocycles. The summed E-state index contributed by atoms with van der Waals surface area (Å²) in [6.07, 6.45) is 1.11. The van der Waals surface area contributed by atoms with Crippen LogP contribution in [0.5, 0.6) is 0 Å². The lowest BCUT2D eigenvalue weighted by atomic mass is 10.1. The highest BCUT2D eigenvalue weighted by Crippen LogP contribution is 2.26. The van der Waals surface area contributed by atoms with Gasteiger partial charge in [-0.1, -0.05) is 5.16 Å². The van der Waals surface area contributed by atoms with Crippen molar-refractivity contribution in [3.8, 4) is 0 Å². The van der Waals surface area contributed by atoms with Crippen molar-refractivity contribution in [2.24, 2.45) is 0 Å². The van der Waals surface area contributed by atoms with E-state index in [4.69, 9.17) is 4.52 Å². The van der Waals surface area contributed by atoms with Crippen LogP contribution in [0.25, 0.3) is 0 Å². The van der Waals surface area contributed by atoms with Gasteiger partial charge in [-0.15, -0.1) is 0 Å². The van der Waals surface area contributed by atoms with Crippen LogP contribution in [0.2, 0.25) is 0 Å². The Morgan fingerprint density at radius 2 is 1.95 bits per heavy atom. The minimum absolute atomic E-state index is 0.432. The maximum absolute atomic E-state index is 5.12. The SMILES string of the molecule is Cc1cc(C)nc([C@H]2CCN(Cc3cc(C)on3)C2)n1. The normalized spacial score (nSPS) is 19.6. The van der Waals surface area contributed by atoms with Crippen LogP contribution in [-0.4, -0.2) is 33.1 Å². The Bertz CT molecular complexity index is 587. The largest absolute Gasteiger partial charge is 0.361 e. The lowest BCUT2D eigenvalue weighted by Crippen LogP contribution is -2.20. The fourth-order valence-corrected chi connectivity index (χ4v) is 2.84. The number of rotatable bonds is 3. The van der Waals surface area contributed by atoms with Gasteiger partial charge < -0.3 is 4.52 Å². The predicted molar refractivity (Wildman–Crippen MR) is 75.4 cm³/mol. The third-order valence-electron chi connectivity index (χ3n) is 3.70. The third kappa shape index (κ3) is 2.88. The second-order valence-corrected chi connectivity index (χ2v) is 5.66. The molecule has 106 valence electrons. The summed E-state index contributed by atoms with van der Waals surface area (Å²) in [5, 5.41) is 4.06. The number of hydrogen-bond donors (Lipinski definition) is 0. The van der Waals surface area contributed by atoms with Crippen molar-refractivity contribution in [3.05, 3.63) is 40.8 Å². The van der Waals surface area contributed by atoms with Gasteiger partial charge in [0.05, 0.1) is 5.69 Å². The predicted octanol–water partition coefficient (Wildman–Crippen LogP) is 2.38. The lowest BCUT2D eigenvalue weighted by molar-refractivity contribution is 0.307. The molecule has 1 aliphatic heterocycles. The van der Waals surface area contributed by atoms with E-state index in [2.05, 4.69) is 20.0 Å². The van der Waals surface area contributed by atoms with E-state index >= 15 is 0 Å². The molecule has 3 rings (SSSR count). The number of likely N-dealkylation sites (tertiary alicyclic amines) is 1. The van der Waals surface area contributed by atoms with E-state index in [0.717, 1.165) is 54.7 Å². The highest BCUT2D eigenvalue weighted by molar-refractivity contribution is 5.12. The van der Waals surface area contributed by atoms with Gasteiger partial charge in [-0.3, -0.25) is 4.90 Å². The average molecular weight is 272 g/mol. The van der Waals surface area contributed by atoms with Gasteiger partial charge in [0.1, 0.15) is 11.6 Å².